The molecule has 0 radical (unpaired) electrons. The van der Waals surface area contributed by atoms with Crippen LogP contribution in [-0.2, 0) is 11.3 Å². The Morgan fingerprint density at radius 1 is 1.09 bits per heavy atom. The summed E-state index contributed by atoms with van der Waals surface area (Å²) in [6.45, 7) is 3.65. The lowest BCUT2D eigenvalue weighted by atomic mass is 10.1. The first-order valence-corrected chi connectivity index (χ1v) is 10.6. The fourth-order valence-electron chi connectivity index (χ4n) is 3.99. The first-order chi connectivity index (χ1) is 15.6. The van der Waals surface area contributed by atoms with Crippen molar-refractivity contribution >= 4 is 17.5 Å². The monoisotopic (exact) mass is 429 g/mol. The number of benzene rings is 1. The number of fused-ring (bicyclic) bond motifs is 1. The van der Waals surface area contributed by atoms with Gasteiger partial charge in [-0.2, -0.15) is 0 Å². The molecule has 1 aromatic carbocycles. The Morgan fingerprint density at radius 2 is 1.94 bits per heavy atom. The second-order valence-corrected chi connectivity index (χ2v) is 7.95. The molecule has 0 bridgehead atoms. The molecule has 3 aromatic heterocycles. The van der Waals surface area contributed by atoms with E-state index in [-0.39, 0.29) is 24.0 Å². The van der Waals surface area contributed by atoms with Crippen LogP contribution in [0.15, 0.2) is 65.4 Å². The lowest BCUT2D eigenvalue weighted by Gasteiger charge is -2.20. The molecule has 4 aromatic rings. The molecule has 0 atom stereocenters. The van der Waals surface area contributed by atoms with Crippen molar-refractivity contribution in [3.8, 4) is 11.3 Å². The smallest absolute Gasteiger partial charge is 0.292 e. The molecule has 2 amide bonds. The lowest BCUT2D eigenvalue weighted by molar-refractivity contribution is -0.131. The number of hydrogen-bond donors (Lipinski definition) is 0. The van der Waals surface area contributed by atoms with Crippen LogP contribution < -0.4 is 0 Å². The van der Waals surface area contributed by atoms with Crippen molar-refractivity contribution in [3.05, 3.63) is 77.9 Å². The minimum Gasteiger partial charge on any atom is -0.350 e. The van der Waals surface area contributed by atoms with E-state index < -0.39 is 0 Å². The largest absolute Gasteiger partial charge is 0.350 e. The quantitative estimate of drug-likeness (QED) is 0.498. The number of amides is 2. The van der Waals surface area contributed by atoms with E-state index in [1.807, 2.05) is 66.2 Å². The van der Waals surface area contributed by atoms with Crippen LogP contribution in [0.5, 0.6) is 0 Å². The molecule has 1 saturated heterocycles. The molecular formula is C24H23N5O3. The Kier molecular flexibility index (Phi) is 5.18. The summed E-state index contributed by atoms with van der Waals surface area (Å²) in [7, 11) is 0. The molecule has 162 valence electrons. The van der Waals surface area contributed by atoms with Crippen LogP contribution in [0.3, 0.4) is 0 Å². The van der Waals surface area contributed by atoms with Crippen LogP contribution in [-0.4, -0.2) is 55.8 Å². The van der Waals surface area contributed by atoms with Gasteiger partial charge in [-0.1, -0.05) is 41.6 Å². The van der Waals surface area contributed by atoms with Gasteiger partial charge in [0.2, 0.25) is 11.7 Å². The van der Waals surface area contributed by atoms with E-state index in [0.29, 0.717) is 31.9 Å². The summed E-state index contributed by atoms with van der Waals surface area (Å²) in [5, 5.41) is 4.03. The zero-order valence-electron chi connectivity index (χ0n) is 17.8. The summed E-state index contributed by atoms with van der Waals surface area (Å²) >= 11 is 0. The third-order valence-electron chi connectivity index (χ3n) is 5.75. The summed E-state index contributed by atoms with van der Waals surface area (Å²) in [6.07, 6.45) is 4.16. The van der Waals surface area contributed by atoms with Gasteiger partial charge in [0.05, 0.1) is 12.2 Å². The molecule has 1 fully saturated rings. The molecule has 0 aliphatic carbocycles. The average Bonchev–Trinajstić information content (AvgIpc) is 3.42. The molecular weight excluding hydrogens is 406 g/mol. The van der Waals surface area contributed by atoms with Crippen molar-refractivity contribution in [3.63, 3.8) is 0 Å². The van der Waals surface area contributed by atoms with Gasteiger partial charge in [0.25, 0.3) is 5.91 Å². The summed E-state index contributed by atoms with van der Waals surface area (Å²) in [4.78, 5) is 33.8. The molecule has 32 heavy (non-hydrogen) atoms. The molecule has 1 aliphatic heterocycles. The maximum atomic E-state index is 13.0. The van der Waals surface area contributed by atoms with E-state index in [1.165, 1.54) is 0 Å². The van der Waals surface area contributed by atoms with Crippen LogP contribution in [0.4, 0.5) is 0 Å². The van der Waals surface area contributed by atoms with Gasteiger partial charge in [0, 0.05) is 50.1 Å². The minimum absolute atomic E-state index is 0.0108. The van der Waals surface area contributed by atoms with E-state index in [2.05, 4.69) is 10.1 Å². The maximum absolute atomic E-state index is 13.0. The predicted octanol–water partition coefficient (Wildman–Crippen LogP) is 3.17. The molecule has 0 spiro atoms. The van der Waals surface area contributed by atoms with Crippen molar-refractivity contribution in [1.29, 1.82) is 0 Å². The van der Waals surface area contributed by atoms with E-state index >= 15 is 0 Å². The van der Waals surface area contributed by atoms with Gasteiger partial charge in [-0.3, -0.25) is 9.59 Å². The molecule has 1 aliphatic rings. The summed E-state index contributed by atoms with van der Waals surface area (Å²) in [6, 6.07) is 15.2. The van der Waals surface area contributed by atoms with Gasteiger partial charge >= 0.3 is 0 Å². The molecule has 0 N–H and O–H groups in total. The second kappa shape index (κ2) is 8.30. The van der Waals surface area contributed by atoms with Crippen LogP contribution in [0.2, 0.25) is 0 Å². The highest BCUT2D eigenvalue weighted by Crippen LogP contribution is 2.20. The Morgan fingerprint density at radius 3 is 2.75 bits per heavy atom. The molecule has 0 saturated carbocycles. The number of imidazole rings is 1. The zero-order valence-corrected chi connectivity index (χ0v) is 17.8. The first kappa shape index (κ1) is 20.0. The van der Waals surface area contributed by atoms with Crippen molar-refractivity contribution in [2.75, 3.05) is 19.6 Å². The highest BCUT2D eigenvalue weighted by Gasteiger charge is 2.27. The van der Waals surface area contributed by atoms with Crippen molar-refractivity contribution in [2.24, 2.45) is 0 Å². The van der Waals surface area contributed by atoms with Crippen LogP contribution in [0.1, 0.15) is 28.2 Å². The van der Waals surface area contributed by atoms with Crippen molar-refractivity contribution < 1.29 is 14.1 Å². The number of carbonyl (C=O) groups is 2. The number of nitrogens with zero attached hydrogens (tertiary/aromatic N) is 5. The Labute approximate surface area is 185 Å². The SMILES string of the molecule is Cc1cccn2cc(CN3CCN(C(=O)c4cc(-c5ccccc5)no4)CCC3=O)nc12. The molecule has 5 rings (SSSR count). The van der Waals surface area contributed by atoms with Crippen LogP contribution >= 0.6 is 0 Å². The normalized spacial score (nSPS) is 14.7. The average molecular weight is 429 g/mol. The van der Waals surface area contributed by atoms with E-state index in [0.717, 1.165) is 22.5 Å². The van der Waals surface area contributed by atoms with E-state index in [9.17, 15) is 9.59 Å². The Hall–Kier alpha value is -3.94. The van der Waals surface area contributed by atoms with Crippen LogP contribution in [0, 0.1) is 6.92 Å². The number of rotatable bonds is 4. The minimum atomic E-state index is -0.252. The first-order valence-electron chi connectivity index (χ1n) is 10.6. The number of carbonyl (C=O) groups excluding carboxylic acids is 2. The van der Waals surface area contributed by atoms with Gasteiger partial charge in [-0.25, -0.2) is 4.98 Å². The third-order valence-corrected chi connectivity index (χ3v) is 5.75. The van der Waals surface area contributed by atoms with Gasteiger partial charge in [0.15, 0.2) is 0 Å². The van der Waals surface area contributed by atoms with Gasteiger partial charge in [0.1, 0.15) is 11.3 Å². The summed E-state index contributed by atoms with van der Waals surface area (Å²) in [5.74, 6) is -0.0603. The summed E-state index contributed by atoms with van der Waals surface area (Å²) in [5.41, 5.74) is 4.30. The number of aromatic nitrogens is 3. The molecule has 0 unspecified atom stereocenters. The van der Waals surface area contributed by atoms with Gasteiger partial charge in [-0.15, -0.1) is 0 Å². The molecule has 4 heterocycles. The lowest BCUT2D eigenvalue weighted by Crippen LogP contribution is -2.35. The molecule has 8 nitrogen and oxygen atoms in total. The number of hydrogen-bond acceptors (Lipinski definition) is 5. The number of pyridine rings is 1. The summed E-state index contributed by atoms with van der Waals surface area (Å²) < 4.78 is 7.29. The number of aryl methyl sites for hydroxylation is 1. The Balaban J connectivity index is 1.27. The second-order valence-electron chi connectivity index (χ2n) is 7.95. The van der Waals surface area contributed by atoms with E-state index in [4.69, 9.17) is 4.52 Å². The standard InChI is InChI=1S/C24H23N5O3/c1-17-6-5-10-29-16-19(25-23(17)29)15-28-13-12-27(11-9-22(28)30)24(31)21-14-20(26-32-21)18-7-3-2-4-8-18/h2-8,10,14,16H,9,11-13,15H2,1H3. The molecule has 8 heteroatoms. The van der Waals surface area contributed by atoms with Crippen LogP contribution in [0.25, 0.3) is 16.9 Å². The van der Waals surface area contributed by atoms with Gasteiger partial charge in [-0.05, 0) is 18.6 Å². The predicted molar refractivity (Wildman–Crippen MR) is 118 cm³/mol. The van der Waals surface area contributed by atoms with Gasteiger partial charge < -0.3 is 18.7 Å². The topological polar surface area (TPSA) is 84.0 Å². The Bertz CT molecular complexity index is 1280. The zero-order chi connectivity index (χ0) is 22.1. The van der Waals surface area contributed by atoms with Crippen molar-refractivity contribution in [2.45, 2.75) is 19.9 Å². The fourth-order valence-corrected chi connectivity index (χ4v) is 3.99. The highest BCUT2D eigenvalue weighted by atomic mass is 16.5. The fraction of sp³-hybridized carbons (Fsp3) is 0.250. The third kappa shape index (κ3) is 3.87. The van der Waals surface area contributed by atoms with Crippen molar-refractivity contribution in [1.82, 2.24) is 24.3 Å². The maximum Gasteiger partial charge on any atom is 0.292 e. The highest BCUT2D eigenvalue weighted by molar-refractivity contribution is 5.93. The van der Waals surface area contributed by atoms with E-state index in [1.54, 1.807) is 15.9 Å².